The van der Waals surface area contributed by atoms with Crippen molar-refractivity contribution in [2.45, 2.75) is 145 Å². The second-order valence-corrected chi connectivity index (χ2v) is 12.0. The van der Waals surface area contributed by atoms with Gasteiger partial charge in [-0.25, -0.2) is 4.79 Å². The molecule has 0 aliphatic rings. The maximum atomic E-state index is 13.2. The van der Waals surface area contributed by atoms with Gasteiger partial charge in [-0.3, -0.25) is 0 Å². The zero-order chi connectivity index (χ0) is 23.9. The Balaban J connectivity index is 4.95. The van der Waals surface area contributed by atoms with Crippen LogP contribution in [0.5, 0.6) is 0 Å². The summed E-state index contributed by atoms with van der Waals surface area (Å²) >= 11 is 0. The van der Waals surface area contributed by atoms with E-state index in [2.05, 4.69) is 62.3 Å². The highest BCUT2D eigenvalue weighted by molar-refractivity contribution is 5.68. The Morgan fingerprint density at radius 2 is 1.29 bits per heavy atom. The maximum Gasteiger partial charge on any atom is 0.410 e. The van der Waals surface area contributed by atoms with E-state index in [-0.39, 0.29) is 17.0 Å². The lowest BCUT2D eigenvalue weighted by Crippen LogP contribution is -2.51. The number of hydrogen-bond donors (Lipinski definition) is 0. The van der Waals surface area contributed by atoms with Crippen molar-refractivity contribution >= 4 is 6.09 Å². The predicted octanol–water partition coefficient (Wildman–Crippen LogP) is 9.24. The minimum absolute atomic E-state index is 0.118. The third kappa shape index (κ3) is 15.7. The first-order valence-electron chi connectivity index (χ1n) is 13.4. The smallest absolute Gasteiger partial charge is 0.410 e. The molecule has 0 saturated carbocycles. The second-order valence-electron chi connectivity index (χ2n) is 12.0. The summed E-state index contributed by atoms with van der Waals surface area (Å²) in [5.74, 6) is 0.935. The molecule has 0 heterocycles. The van der Waals surface area contributed by atoms with E-state index in [1.165, 1.54) is 70.6 Å². The van der Waals surface area contributed by atoms with Crippen LogP contribution in [-0.4, -0.2) is 29.7 Å². The maximum absolute atomic E-state index is 13.2. The van der Waals surface area contributed by atoms with Gasteiger partial charge < -0.3 is 9.64 Å². The molecule has 0 rings (SSSR count). The number of hydrogen-bond acceptors (Lipinski definition) is 2. The van der Waals surface area contributed by atoms with Crippen LogP contribution in [0.25, 0.3) is 0 Å². The summed E-state index contributed by atoms with van der Waals surface area (Å²) < 4.78 is 5.99. The van der Waals surface area contributed by atoms with Gasteiger partial charge in [0.05, 0.1) is 6.61 Å². The predicted molar refractivity (Wildman–Crippen MR) is 137 cm³/mol. The molecule has 0 spiro atoms. The molecule has 0 aliphatic carbocycles. The molecule has 1 atom stereocenters. The molecule has 0 N–H and O–H groups in total. The van der Waals surface area contributed by atoms with Crippen LogP contribution < -0.4 is 0 Å². The van der Waals surface area contributed by atoms with E-state index in [0.717, 1.165) is 13.0 Å². The highest BCUT2D eigenvalue weighted by Crippen LogP contribution is 2.32. The topological polar surface area (TPSA) is 29.5 Å². The van der Waals surface area contributed by atoms with E-state index < -0.39 is 0 Å². The zero-order valence-corrected chi connectivity index (χ0v) is 22.8. The molecular weight excluding hydrogens is 382 g/mol. The van der Waals surface area contributed by atoms with Gasteiger partial charge in [0.15, 0.2) is 0 Å². The third-order valence-corrected chi connectivity index (χ3v) is 6.09. The van der Waals surface area contributed by atoms with Crippen molar-refractivity contribution in [2.24, 2.45) is 17.3 Å². The first-order valence-corrected chi connectivity index (χ1v) is 13.4. The molecule has 0 aromatic carbocycles. The van der Waals surface area contributed by atoms with Crippen LogP contribution in [0, 0.1) is 17.3 Å². The van der Waals surface area contributed by atoms with Crippen molar-refractivity contribution in [3.05, 3.63) is 0 Å². The van der Waals surface area contributed by atoms with Gasteiger partial charge in [-0.05, 0) is 50.4 Å². The van der Waals surface area contributed by atoms with Gasteiger partial charge in [0.2, 0.25) is 0 Å². The zero-order valence-electron chi connectivity index (χ0n) is 22.8. The van der Waals surface area contributed by atoms with E-state index in [4.69, 9.17) is 4.74 Å². The van der Waals surface area contributed by atoms with E-state index in [9.17, 15) is 4.79 Å². The Bertz CT molecular complexity index is 450. The SMILES string of the molecule is CCCCCCCC(CCCCCC)COC(=O)N(CC(C)C)C(C)(C)CC(C)(C)C. The average molecular weight is 440 g/mol. The van der Waals surface area contributed by atoms with Crippen molar-refractivity contribution in [3.8, 4) is 0 Å². The molecule has 3 nitrogen and oxygen atoms in total. The molecule has 31 heavy (non-hydrogen) atoms. The second kappa shape index (κ2) is 16.0. The van der Waals surface area contributed by atoms with Crippen molar-refractivity contribution in [1.29, 1.82) is 0 Å². The lowest BCUT2D eigenvalue weighted by atomic mass is 9.80. The van der Waals surface area contributed by atoms with Crippen LogP contribution in [0.15, 0.2) is 0 Å². The van der Waals surface area contributed by atoms with E-state index >= 15 is 0 Å². The highest BCUT2D eigenvalue weighted by atomic mass is 16.6. The normalized spacial score (nSPS) is 13.5. The van der Waals surface area contributed by atoms with Crippen LogP contribution >= 0.6 is 0 Å². The summed E-state index contributed by atoms with van der Waals surface area (Å²) in [5, 5.41) is 0. The fourth-order valence-electron chi connectivity index (χ4n) is 4.80. The molecule has 0 saturated heterocycles. The van der Waals surface area contributed by atoms with E-state index in [0.29, 0.717) is 18.4 Å². The molecule has 1 unspecified atom stereocenters. The van der Waals surface area contributed by atoms with E-state index in [1.807, 2.05) is 4.90 Å². The number of amides is 1. The van der Waals surface area contributed by atoms with Gasteiger partial charge in [-0.15, -0.1) is 0 Å². The number of carbonyl (C=O) groups excluding carboxylic acids is 1. The van der Waals surface area contributed by atoms with Gasteiger partial charge in [-0.2, -0.15) is 0 Å². The van der Waals surface area contributed by atoms with Gasteiger partial charge in [0.1, 0.15) is 0 Å². The summed E-state index contributed by atoms with van der Waals surface area (Å²) in [7, 11) is 0. The minimum atomic E-state index is -0.212. The lowest BCUT2D eigenvalue weighted by molar-refractivity contribution is 0.0299. The Labute approximate surface area is 196 Å². The van der Waals surface area contributed by atoms with Crippen LogP contribution in [0.4, 0.5) is 4.79 Å². The first kappa shape index (κ1) is 30.3. The van der Waals surface area contributed by atoms with Gasteiger partial charge in [0.25, 0.3) is 0 Å². The molecular formula is C28H57NO2. The third-order valence-electron chi connectivity index (χ3n) is 6.09. The molecule has 0 aliphatic heterocycles. The summed E-state index contributed by atoms with van der Waals surface area (Å²) in [6.07, 6.45) is 14.9. The Kier molecular flexibility index (Phi) is 15.6. The van der Waals surface area contributed by atoms with Crippen molar-refractivity contribution < 1.29 is 9.53 Å². The molecule has 0 fully saturated rings. The van der Waals surface area contributed by atoms with Crippen LogP contribution in [0.1, 0.15) is 139 Å². The van der Waals surface area contributed by atoms with E-state index in [1.54, 1.807) is 0 Å². The Morgan fingerprint density at radius 3 is 1.74 bits per heavy atom. The van der Waals surface area contributed by atoms with Crippen LogP contribution in [0.2, 0.25) is 0 Å². The fraction of sp³-hybridized carbons (Fsp3) is 0.964. The standard InChI is InChI=1S/C28H57NO2/c1-10-12-14-16-18-20-25(19-17-15-13-11-2)22-31-26(30)29(21-24(3)4)28(8,9)23-27(5,6)7/h24-25H,10-23H2,1-9H3. The lowest BCUT2D eigenvalue weighted by Gasteiger charge is -2.42. The number of nitrogens with zero attached hydrogens (tertiary/aromatic N) is 1. The quantitative estimate of drug-likeness (QED) is 0.211. The molecule has 0 bridgehead atoms. The van der Waals surface area contributed by atoms with Crippen LogP contribution in [-0.2, 0) is 4.74 Å². The van der Waals surface area contributed by atoms with Crippen molar-refractivity contribution in [3.63, 3.8) is 0 Å². The molecule has 1 amide bonds. The molecule has 0 radical (unpaired) electrons. The number of unbranched alkanes of at least 4 members (excludes halogenated alkanes) is 7. The van der Waals surface area contributed by atoms with Gasteiger partial charge in [-0.1, -0.05) is 106 Å². The van der Waals surface area contributed by atoms with Crippen LogP contribution in [0.3, 0.4) is 0 Å². The summed E-state index contributed by atoms with van der Waals surface area (Å²) in [4.78, 5) is 15.2. The number of ether oxygens (including phenoxy) is 1. The largest absolute Gasteiger partial charge is 0.449 e. The fourth-order valence-corrected chi connectivity index (χ4v) is 4.80. The van der Waals surface area contributed by atoms with Crippen molar-refractivity contribution in [1.82, 2.24) is 4.90 Å². The Hall–Kier alpha value is -0.730. The first-order chi connectivity index (χ1) is 14.4. The van der Waals surface area contributed by atoms with Crippen molar-refractivity contribution in [2.75, 3.05) is 13.2 Å². The minimum Gasteiger partial charge on any atom is -0.449 e. The molecule has 3 heteroatoms. The average Bonchev–Trinajstić information content (AvgIpc) is 2.64. The molecule has 0 aromatic heterocycles. The van der Waals surface area contributed by atoms with Gasteiger partial charge >= 0.3 is 6.09 Å². The highest BCUT2D eigenvalue weighted by Gasteiger charge is 2.36. The summed E-state index contributed by atoms with van der Waals surface area (Å²) in [6.45, 7) is 21.3. The Morgan fingerprint density at radius 1 is 0.806 bits per heavy atom. The summed E-state index contributed by atoms with van der Waals surface area (Å²) in [5.41, 5.74) is -0.0459. The number of carbonyl (C=O) groups is 1. The number of rotatable bonds is 17. The molecule has 186 valence electrons. The monoisotopic (exact) mass is 439 g/mol. The molecule has 0 aromatic rings. The van der Waals surface area contributed by atoms with Gasteiger partial charge in [0, 0.05) is 12.1 Å². The summed E-state index contributed by atoms with van der Waals surface area (Å²) in [6, 6.07) is 0.